The summed E-state index contributed by atoms with van der Waals surface area (Å²) >= 11 is 0. The molecule has 0 spiro atoms. The van der Waals surface area contributed by atoms with Gasteiger partial charge in [0.05, 0.1) is 16.8 Å². The molecule has 0 unspecified atom stereocenters. The predicted octanol–water partition coefficient (Wildman–Crippen LogP) is 2.73. The zero-order valence-electron chi connectivity index (χ0n) is 16.1. The molecule has 9 nitrogen and oxygen atoms in total. The number of amides is 1. The number of anilines is 2. The number of rotatable bonds is 6. The number of aryl methyl sites for hydroxylation is 2. The van der Waals surface area contributed by atoms with E-state index in [0.717, 1.165) is 4.74 Å². The first-order valence-corrected chi connectivity index (χ1v) is 8.88. The standard InChI is InChI=1S/C20H20N4O5/c1-4-21-16-14(9-10-22-17(16)20(27)28)18(25)23-13-7-5-12(6-8-13)15-11(2)29-24(3)19(15)26/h5-10,21H,4H2,1-3H3,(H,23,25)(H,27,28). The Morgan fingerprint density at radius 1 is 1.21 bits per heavy atom. The van der Waals surface area contributed by atoms with E-state index in [2.05, 4.69) is 15.6 Å². The van der Waals surface area contributed by atoms with Crippen LogP contribution in [0, 0.1) is 6.92 Å². The number of nitrogens with one attached hydrogen (secondary N) is 2. The van der Waals surface area contributed by atoms with Crippen LogP contribution in [0.3, 0.4) is 0 Å². The molecule has 2 aromatic heterocycles. The summed E-state index contributed by atoms with van der Waals surface area (Å²) < 4.78 is 6.45. The molecule has 0 aliphatic carbocycles. The quantitative estimate of drug-likeness (QED) is 0.585. The van der Waals surface area contributed by atoms with E-state index in [4.69, 9.17) is 4.52 Å². The number of hydrogen-bond donors (Lipinski definition) is 3. The van der Waals surface area contributed by atoms with E-state index in [1.165, 1.54) is 19.3 Å². The van der Waals surface area contributed by atoms with Gasteiger partial charge in [0.2, 0.25) is 0 Å². The lowest BCUT2D eigenvalue weighted by molar-refractivity contribution is 0.0691. The second kappa shape index (κ2) is 8.01. The maximum Gasteiger partial charge on any atom is 0.356 e. The van der Waals surface area contributed by atoms with E-state index < -0.39 is 11.9 Å². The van der Waals surface area contributed by atoms with Crippen molar-refractivity contribution < 1.29 is 19.2 Å². The van der Waals surface area contributed by atoms with Crippen LogP contribution in [0.4, 0.5) is 11.4 Å². The minimum atomic E-state index is -1.22. The highest BCUT2D eigenvalue weighted by Crippen LogP contribution is 2.24. The van der Waals surface area contributed by atoms with Crippen LogP contribution in [-0.2, 0) is 7.05 Å². The molecular weight excluding hydrogens is 376 g/mol. The van der Waals surface area contributed by atoms with Crippen molar-refractivity contribution in [2.24, 2.45) is 7.05 Å². The third-order valence-electron chi connectivity index (χ3n) is 4.31. The van der Waals surface area contributed by atoms with Gasteiger partial charge in [-0.1, -0.05) is 12.1 Å². The monoisotopic (exact) mass is 396 g/mol. The van der Waals surface area contributed by atoms with Crippen LogP contribution in [0.5, 0.6) is 0 Å². The lowest BCUT2D eigenvalue weighted by atomic mass is 10.1. The molecule has 1 aromatic carbocycles. The van der Waals surface area contributed by atoms with Crippen LogP contribution < -0.4 is 16.2 Å². The Labute approximate surface area is 166 Å². The average molecular weight is 396 g/mol. The maximum absolute atomic E-state index is 12.7. The number of carboxylic acids is 1. The summed E-state index contributed by atoms with van der Waals surface area (Å²) in [6.45, 7) is 3.93. The second-order valence-electron chi connectivity index (χ2n) is 6.27. The van der Waals surface area contributed by atoms with Crippen molar-refractivity contribution in [1.29, 1.82) is 0 Å². The number of carboxylic acid groups (broad SMARTS) is 1. The SMILES string of the molecule is CCNc1c(C(=O)Nc2ccc(-c3c(C)on(C)c3=O)cc2)ccnc1C(=O)O. The van der Waals surface area contributed by atoms with Gasteiger partial charge in [0.25, 0.3) is 11.5 Å². The van der Waals surface area contributed by atoms with E-state index in [1.807, 2.05) is 0 Å². The highest BCUT2D eigenvalue weighted by Gasteiger charge is 2.20. The van der Waals surface area contributed by atoms with Gasteiger partial charge in [-0.3, -0.25) is 9.59 Å². The minimum Gasteiger partial charge on any atom is -0.476 e. The van der Waals surface area contributed by atoms with Gasteiger partial charge >= 0.3 is 5.97 Å². The predicted molar refractivity (Wildman–Crippen MR) is 107 cm³/mol. The molecule has 0 bridgehead atoms. The summed E-state index contributed by atoms with van der Waals surface area (Å²) in [5.74, 6) is -1.20. The molecule has 0 atom stereocenters. The fourth-order valence-corrected chi connectivity index (χ4v) is 3.01. The summed E-state index contributed by atoms with van der Waals surface area (Å²) in [6, 6.07) is 8.17. The van der Waals surface area contributed by atoms with Gasteiger partial charge < -0.3 is 20.3 Å². The second-order valence-corrected chi connectivity index (χ2v) is 6.27. The highest BCUT2D eigenvalue weighted by molar-refractivity contribution is 6.10. The zero-order chi connectivity index (χ0) is 21.1. The van der Waals surface area contributed by atoms with Gasteiger partial charge in [0, 0.05) is 25.5 Å². The number of nitrogens with zero attached hydrogens (tertiary/aromatic N) is 2. The van der Waals surface area contributed by atoms with E-state index in [1.54, 1.807) is 38.1 Å². The lowest BCUT2D eigenvalue weighted by Gasteiger charge is -2.13. The molecule has 9 heteroatoms. The number of pyridine rings is 1. The highest BCUT2D eigenvalue weighted by atomic mass is 16.5. The smallest absolute Gasteiger partial charge is 0.356 e. The first-order chi connectivity index (χ1) is 13.8. The van der Waals surface area contributed by atoms with Crippen LogP contribution in [0.15, 0.2) is 45.8 Å². The Balaban J connectivity index is 1.88. The van der Waals surface area contributed by atoms with Crippen molar-refractivity contribution >= 4 is 23.3 Å². The molecule has 3 rings (SSSR count). The third kappa shape index (κ3) is 3.88. The third-order valence-corrected chi connectivity index (χ3v) is 4.31. The van der Waals surface area contributed by atoms with Crippen LogP contribution in [0.25, 0.3) is 11.1 Å². The molecule has 29 heavy (non-hydrogen) atoms. The molecule has 0 aliphatic rings. The van der Waals surface area contributed by atoms with Crippen LogP contribution in [-0.4, -0.2) is 33.3 Å². The summed E-state index contributed by atoms with van der Waals surface area (Å²) in [6.07, 6.45) is 1.28. The number of aromatic nitrogens is 2. The minimum absolute atomic E-state index is 0.161. The largest absolute Gasteiger partial charge is 0.476 e. The molecular formula is C20H20N4O5. The molecule has 3 N–H and O–H groups in total. The Morgan fingerprint density at radius 3 is 2.45 bits per heavy atom. The number of benzene rings is 1. The fraction of sp³-hybridized carbons (Fsp3) is 0.200. The molecule has 0 aliphatic heterocycles. The van der Waals surface area contributed by atoms with Crippen molar-refractivity contribution in [2.75, 3.05) is 17.2 Å². The first-order valence-electron chi connectivity index (χ1n) is 8.88. The Bertz CT molecular complexity index is 1130. The average Bonchev–Trinajstić information content (AvgIpc) is 2.94. The van der Waals surface area contributed by atoms with Crippen LogP contribution in [0.2, 0.25) is 0 Å². The molecule has 0 fully saturated rings. The Hall–Kier alpha value is -3.88. The van der Waals surface area contributed by atoms with Crippen LogP contribution >= 0.6 is 0 Å². The lowest BCUT2D eigenvalue weighted by Crippen LogP contribution is -2.18. The molecule has 0 saturated carbocycles. The summed E-state index contributed by atoms with van der Waals surface area (Å²) in [5.41, 5.74) is 1.49. The van der Waals surface area contributed by atoms with E-state index in [9.17, 15) is 19.5 Å². The fourth-order valence-electron chi connectivity index (χ4n) is 3.01. The first kappa shape index (κ1) is 19.9. The van der Waals surface area contributed by atoms with Gasteiger partial charge in [-0.25, -0.2) is 9.78 Å². The van der Waals surface area contributed by atoms with Gasteiger partial charge in [0.15, 0.2) is 5.69 Å². The van der Waals surface area contributed by atoms with Crippen molar-refractivity contribution in [3.8, 4) is 11.1 Å². The topological polar surface area (TPSA) is 126 Å². The normalized spacial score (nSPS) is 10.6. The molecule has 2 heterocycles. The van der Waals surface area contributed by atoms with E-state index >= 15 is 0 Å². The van der Waals surface area contributed by atoms with Crippen LogP contribution in [0.1, 0.15) is 33.5 Å². The summed E-state index contributed by atoms with van der Waals surface area (Å²) in [5, 5.41) is 14.9. The molecule has 0 saturated heterocycles. The van der Waals surface area contributed by atoms with Crippen molar-refractivity contribution in [3.63, 3.8) is 0 Å². The van der Waals surface area contributed by atoms with Gasteiger partial charge in [-0.15, -0.1) is 0 Å². The van der Waals surface area contributed by atoms with E-state index in [-0.39, 0.29) is 22.5 Å². The Morgan fingerprint density at radius 2 is 1.90 bits per heavy atom. The van der Waals surface area contributed by atoms with Gasteiger partial charge in [-0.05, 0) is 37.6 Å². The van der Waals surface area contributed by atoms with Crippen molar-refractivity contribution in [3.05, 3.63) is 63.9 Å². The van der Waals surface area contributed by atoms with E-state index in [0.29, 0.717) is 29.1 Å². The van der Waals surface area contributed by atoms with Crippen molar-refractivity contribution in [2.45, 2.75) is 13.8 Å². The number of carbonyl (C=O) groups excluding carboxylic acids is 1. The number of aromatic carboxylic acids is 1. The zero-order valence-corrected chi connectivity index (χ0v) is 16.1. The molecule has 3 aromatic rings. The number of hydrogen-bond acceptors (Lipinski definition) is 6. The summed E-state index contributed by atoms with van der Waals surface area (Å²) in [7, 11) is 1.54. The molecule has 0 radical (unpaired) electrons. The van der Waals surface area contributed by atoms with Gasteiger partial charge in [-0.2, -0.15) is 4.74 Å². The summed E-state index contributed by atoms with van der Waals surface area (Å²) in [4.78, 5) is 40.1. The molecule has 150 valence electrons. The number of carbonyl (C=O) groups is 2. The molecule has 1 amide bonds. The Kier molecular flexibility index (Phi) is 5.49. The van der Waals surface area contributed by atoms with Crippen molar-refractivity contribution in [1.82, 2.24) is 9.72 Å². The van der Waals surface area contributed by atoms with Gasteiger partial charge in [0.1, 0.15) is 5.76 Å². The maximum atomic E-state index is 12.7.